The van der Waals surface area contributed by atoms with E-state index in [0.29, 0.717) is 23.7 Å². The summed E-state index contributed by atoms with van der Waals surface area (Å²) in [4.78, 5) is 27.5. The van der Waals surface area contributed by atoms with Gasteiger partial charge in [0, 0.05) is 0 Å². The highest BCUT2D eigenvalue weighted by Crippen LogP contribution is 2.37. The molecular weight excluding hydrogens is 390 g/mol. The molecule has 0 amide bonds. The van der Waals surface area contributed by atoms with Gasteiger partial charge in [-0.05, 0) is 42.8 Å². The molecule has 1 aliphatic heterocycles. The van der Waals surface area contributed by atoms with Crippen LogP contribution in [-0.2, 0) is 19.1 Å². The van der Waals surface area contributed by atoms with E-state index in [1.807, 2.05) is 0 Å². The number of hydrogen-bond acceptors (Lipinski definition) is 8. The fourth-order valence-electron chi connectivity index (χ4n) is 2.34. The summed E-state index contributed by atoms with van der Waals surface area (Å²) in [5, 5.41) is 0.198. The predicted octanol–water partition coefficient (Wildman–Crippen LogP) is 3.23. The Morgan fingerprint density at radius 3 is 2.82 bits per heavy atom. The maximum absolute atomic E-state index is 12.1. The smallest absolute Gasteiger partial charge is 0.363 e. The minimum absolute atomic E-state index is 0.0770. The average Bonchev–Trinajstić information content (AvgIpc) is 3.31. The second-order valence-corrected chi connectivity index (χ2v) is 5.85. The zero-order chi connectivity index (χ0) is 20.1. The molecule has 9 heteroatoms. The summed E-state index contributed by atoms with van der Waals surface area (Å²) in [6.07, 6.45) is 2.95. The van der Waals surface area contributed by atoms with Crippen LogP contribution < -0.4 is 9.47 Å². The van der Waals surface area contributed by atoms with Gasteiger partial charge in [-0.15, -0.1) is 0 Å². The molecule has 3 rings (SSSR count). The van der Waals surface area contributed by atoms with Crippen molar-refractivity contribution in [2.45, 2.75) is 6.92 Å². The molecular formula is C19H16ClNO7. The molecule has 0 bridgehead atoms. The Morgan fingerprint density at radius 2 is 2.14 bits per heavy atom. The standard InChI is InChI=1S/C19H16ClNO7/c1-3-25-15-9-11(7-12(20)17(15)27-10-16(22)24-2)8-13-19(23)28-18(21-13)14-5-4-6-26-14/h4-9H,3,10H2,1-2H3/b13-8+. The number of rotatable bonds is 7. The lowest BCUT2D eigenvalue weighted by atomic mass is 10.1. The summed E-state index contributed by atoms with van der Waals surface area (Å²) in [7, 11) is 1.25. The van der Waals surface area contributed by atoms with E-state index in [0.717, 1.165) is 0 Å². The highest BCUT2D eigenvalue weighted by Gasteiger charge is 2.26. The number of nitrogens with zero attached hydrogens (tertiary/aromatic N) is 1. The van der Waals surface area contributed by atoms with E-state index >= 15 is 0 Å². The third kappa shape index (κ3) is 4.34. The fraction of sp³-hybridized carbons (Fsp3) is 0.211. The monoisotopic (exact) mass is 405 g/mol. The van der Waals surface area contributed by atoms with Gasteiger partial charge >= 0.3 is 11.9 Å². The van der Waals surface area contributed by atoms with Gasteiger partial charge in [-0.2, -0.15) is 0 Å². The molecule has 0 saturated carbocycles. The van der Waals surface area contributed by atoms with E-state index < -0.39 is 11.9 Å². The second-order valence-electron chi connectivity index (χ2n) is 5.44. The molecule has 0 unspecified atom stereocenters. The van der Waals surface area contributed by atoms with Gasteiger partial charge in [0.25, 0.3) is 5.90 Å². The van der Waals surface area contributed by atoms with Crippen molar-refractivity contribution in [1.82, 2.24) is 0 Å². The lowest BCUT2D eigenvalue weighted by Crippen LogP contribution is -2.13. The summed E-state index contributed by atoms with van der Waals surface area (Å²) in [6, 6.07) is 6.46. The largest absolute Gasteiger partial charge is 0.490 e. The van der Waals surface area contributed by atoms with Gasteiger partial charge < -0.3 is 23.4 Å². The Kier molecular flexibility index (Phi) is 6.00. The van der Waals surface area contributed by atoms with Gasteiger partial charge in [0.15, 0.2) is 29.6 Å². The first-order valence-corrected chi connectivity index (χ1v) is 8.62. The van der Waals surface area contributed by atoms with Crippen LogP contribution in [0.5, 0.6) is 11.5 Å². The van der Waals surface area contributed by atoms with E-state index in [4.69, 9.17) is 30.2 Å². The number of ether oxygens (including phenoxy) is 4. The van der Waals surface area contributed by atoms with Crippen molar-refractivity contribution in [2.24, 2.45) is 4.99 Å². The maximum atomic E-state index is 12.1. The van der Waals surface area contributed by atoms with Crippen molar-refractivity contribution in [1.29, 1.82) is 0 Å². The van der Waals surface area contributed by atoms with Crippen LogP contribution in [-0.4, -0.2) is 38.2 Å². The summed E-state index contributed by atoms with van der Waals surface area (Å²) in [5.41, 5.74) is 0.614. The molecule has 28 heavy (non-hydrogen) atoms. The molecule has 0 N–H and O–H groups in total. The van der Waals surface area contributed by atoms with E-state index in [1.165, 1.54) is 19.4 Å². The van der Waals surface area contributed by atoms with Crippen molar-refractivity contribution in [2.75, 3.05) is 20.3 Å². The number of carbonyl (C=O) groups is 2. The number of furan rings is 1. The summed E-state index contributed by atoms with van der Waals surface area (Å²) in [5.74, 6) is -0.242. The topological polar surface area (TPSA) is 96.6 Å². The van der Waals surface area contributed by atoms with Crippen molar-refractivity contribution in [3.8, 4) is 11.5 Å². The lowest BCUT2D eigenvalue weighted by Gasteiger charge is -2.13. The van der Waals surface area contributed by atoms with E-state index in [9.17, 15) is 9.59 Å². The number of cyclic esters (lactones) is 1. The Bertz CT molecular complexity index is 947. The maximum Gasteiger partial charge on any atom is 0.363 e. The Morgan fingerprint density at radius 1 is 1.32 bits per heavy atom. The van der Waals surface area contributed by atoms with Crippen molar-refractivity contribution < 1.29 is 33.0 Å². The van der Waals surface area contributed by atoms with E-state index in [2.05, 4.69) is 9.73 Å². The normalized spacial score (nSPS) is 14.6. The molecule has 0 aliphatic carbocycles. The van der Waals surface area contributed by atoms with Gasteiger partial charge in [-0.25, -0.2) is 14.6 Å². The van der Waals surface area contributed by atoms with Crippen LogP contribution in [0.15, 0.2) is 45.6 Å². The number of halogens is 1. The number of aliphatic imine (C=N–C) groups is 1. The third-order valence-corrected chi connectivity index (χ3v) is 3.83. The minimum Gasteiger partial charge on any atom is -0.490 e. The first-order valence-electron chi connectivity index (χ1n) is 8.24. The first kappa shape index (κ1) is 19.5. The quantitative estimate of drug-likeness (QED) is 0.515. The summed E-state index contributed by atoms with van der Waals surface area (Å²) in [6.45, 7) is 1.81. The van der Waals surface area contributed by atoms with Crippen LogP contribution in [0, 0.1) is 0 Å². The van der Waals surface area contributed by atoms with E-state index in [-0.39, 0.29) is 29.0 Å². The number of methoxy groups -OCH3 is 1. The Hall–Kier alpha value is -3.26. The zero-order valence-corrected chi connectivity index (χ0v) is 15.8. The molecule has 1 aromatic heterocycles. The van der Waals surface area contributed by atoms with Crippen LogP contribution in [0.25, 0.3) is 6.08 Å². The molecule has 0 atom stereocenters. The molecule has 2 heterocycles. The molecule has 1 aromatic carbocycles. The zero-order valence-electron chi connectivity index (χ0n) is 15.1. The van der Waals surface area contributed by atoms with Crippen LogP contribution in [0.3, 0.4) is 0 Å². The highest BCUT2D eigenvalue weighted by atomic mass is 35.5. The van der Waals surface area contributed by atoms with Crippen LogP contribution >= 0.6 is 11.6 Å². The first-order chi connectivity index (χ1) is 13.5. The van der Waals surface area contributed by atoms with Crippen LogP contribution in [0.1, 0.15) is 18.2 Å². The molecule has 146 valence electrons. The SMILES string of the molecule is CCOc1cc(/C=C2/N=C(c3ccco3)OC2=O)cc(Cl)c1OCC(=O)OC. The minimum atomic E-state index is -0.619. The average molecular weight is 406 g/mol. The van der Waals surface area contributed by atoms with Crippen molar-refractivity contribution >= 4 is 35.5 Å². The van der Waals surface area contributed by atoms with Crippen LogP contribution in [0.2, 0.25) is 5.02 Å². The number of benzene rings is 1. The van der Waals surface area contributed by atoms with Crippen LogP contribution in [0.4, 0.5) is 0 Å². The molecule has 2 aromatic rings. The Balaban J connectivity index is 1.91. The predicted molar refractivity (Wildman–Crippen MR) is 99.4 cm³/mol. The lowest BCUT2D eigenvalue weighted by molar-refractivity contribution is -0.143. The molecule has 0 radical (unpaired) electrons. The Labute approximate surface area is 165 Å². The van der Waals surface area contributed by atoms with Crippen molar-refractivity contribution in [3.05, 3.63) is 52.6 Å². The number of esters is 2. The molecule has 8 nitrogen and oxygen atoms in total. The second kappa shape index (κ2) is 8.62. The molecule has 0 fully saturated rings. The third-order valence-electron chi connectivity index (χ3n) is 3.55. The van der Waals surface area contributed by atoms with Gasteiger partial charge in [0.2, 0.25) is 0 Å². The summed E-state index contributed by atoms with van der Waals surface area (Å²) < 4.78 is 25.8. The van der Waals surface area contributed by atoms with Gasteiger partial charge in [0.05, 0.1) is 25.0 Å². The molecule has 1 aliphatic rings. The van der Waals surface area contributed by atoms with Crippen molar-refractivity contribution in [3.63, 3.8) is 0 Å². The number of carbonyl (C=O) groups excluding carboxylic acids is 2. The van der Waals surface area contributed by atoms with E-state index in [1.54, 1.807) is 31.2 Å². The highest BCUT2D eigenvalue weighted by molar-refractivity contribution is 6.32. The summed E-state index contributed by atoms with van der Waals surface area (Å²) >= 11 is 6.28. The van der Waals surface area contributed by atoms with Gasteiger partial charge in [-0.1, -0.05) is 11.6 Å². The number of hydrogen-bond donors (Lipinski definition) is 0. The van der Waals surface area contributed by atoms with Gasteiger partial charge in [-0.3, -0.25) is 0 Å². The molecule has 0 saturated heterocycles. The molecule has 0 spiro atoms. The fourth-order valence-corrected chi connectivity index (χ4v) is 2.61. The van der Waals surface area contributed by atoms with Gasteiger partial charge in [0.1, 0.15) is 0 Å².